The normalized spacial score (nSPS) is 11.6. The molecule has 116 valence electrons. The Balaban J connectivity index is 1.78. The summed E-state index contributed by atoms with van der Waals surface area (Å²) in [5.41, 5.74) is 3.68. The summed E-state index contributed by atoms with van der Waals surface area (Å²) in [7, 11) is 0. The first kappa shape index (κ1) is 15.4. The molecule has 0 radical (unpaired) electrons. The van der Waals surface area contributed by atoms with Crippen LogP contribution in [0.1, 0.15) is 31.8 Å². The lowest BCUT2D eigenvalue weighted by atomic mass is 10.2. The highest BCUT2D eigenvalue weighted by atomic mass is 32.1. The maximum absolute atomic E-state index is 12.3. The number of carboxylic acids is 1. The molecule has 23 heavy (non-hydrogen) atoms. The molecular formula is C16H12N2O3S2. The molecule has 0 bridgehead atoms. The first-order valence-corrected chi connectivity index (χ1v) is 8.40. The Labute approximate surface area is 139 Å². The highest BCUT2D eigenvalue weighted by Crippen LogP contribution is 2.25. The third-order valence-electron chi connectivity index (χ3n) is 3.22. The summed E-state index contributed by atoms with van der Waals surface area (Å²) in [6.45, 7) is 1.73. The molecule has 0 aliphatic heterocycles. The standard InChI is InChI=1S/C16H12N2O3S2/c1-9(12-6-7-14(23-12)16(20)21)17-18-15(19)11-8-22-13-5-3-2-4-10(11)13/h2-8H,1H3,(H,18,19)(H,20,21). The molecule has 0 unspecified atom stereocenters. The van der Waals surface area contributed by atoms with Crippen molar-refractivity contribution in [1.82, 2.24) is 5.43 Å². The Morgan fingerprint density at radius 1 is 1.13 bits per heavy atom. The molecule has 7 heteroatoms. The van der Waals surface area contributed by atoms with E-state index >= 15 is 0 Å². The molecule has 5 nitrogen and oxygen atoms in total. The van der Waals surface area contributed by atoms with Crippen LogP contribution in [0.3, 0.4) is 0 Å². The number of amides is 1. The molecule has 1 amide bonds. The molecule has 0 spiro atoms. The molecule has 2 N–H and O–H groups in total. The number of hydrogen-bond acceptors (Lipinski definition) is 5. The van der Waals surface area contributed by atoms with Crippen molar-refractivity contribution in [3.8, 4) is 0 Å². The smallest absolute Gasteiger partial charge is 0.345 e. The van der Waals surface area contributed by atoms with Crippen LogP contribution in [0.15, 0.2) is 46.9 Å². The molecule has 3 rings (SSSR count). The van der Waals surface area contributed by atoms with Crippen LogP contribution < -0.4 is 5.43 Å². The van der Waals surface area contributed by atoms with Gasteiger partial charge in [0.05, 0.1) is 16.2 Å². The van der Waals surface area contributed by atoms with Crippen LogP contribution in [0, 0.1) is 0 Å². The van der Waals surface area contributed by atoms with Gasteiger partial charge in [-0.2, -0.15) is 5.10 Å². The van der Waals surface area contributed by atoms with E-state index in [1.165, 1.54) is 17.4 Å². The van der Waals surface area contributed by atoms with Gasteiger partial charge in [-0.3, -0.25) is 4.79 Å². The lowest BCUT2D eigenvalue weighted by Gasteiger charge is -2.00. The topological polar surface area (TPSA) is 78.8 Å². The van der Waals surface area contributed by atoms with Crippen molar-refractivity contribution in [1.29, 1.82) is 0 Å². The molecule has 0 fully saturated rings. The predicted molar refractivity (Wildman–Crippen MR) is 92.8 cm³/mol. The van der Waals surface area contributed by atoms with Gasteiger partial charge in [0, 0.05) is 15.5 Å². The zero-order valence-corrected chi connectivity index (χ0v) is 13.7. The molecule has 3 aromatic rings. The van der Waals surface area contributed by atoms with Crippen LogP contribution in [-0.4, -0.2) is 22.7 Å². The predicted octanol–water partition coefficient (Wildman–Crippen LogP) is 3.82. The van der Waals surface area contributed by atoms with Crippen LogP contribution in [0.5, 0.6) is 0 Å². The molecule has 1 aromatic carbocycles. The monoisotopic (exact) mass is 344 g/mol. The van der Waals surface area contributed by atoms with E-state index in [-0.39, 0.29) is 10.8 Å². The summed E-state index contributed by atoms with van der Waals surface area (Å²) < 4.78 is 1.04. The fraction of sp³-hybridized carbons (Fsp3) is 0.0625. The van der Waals surface area contributed by atoms with Crippen molar-refractivity contribution < 1.29 is 14.7 Å². The van der Waals surface area contributed by atoms with Gasteiger partial charge >= 0.3 is 5.97 Å². The van der Waals surface area contributed by atoms with Crippen molar-refractivity contribution in [2.45, 2.75) is 6.92 Å². The largest absolute Gasteiger partial charge is 0.477 e. The second-order valence-corrected chi connectivity index (χ2v) is 6.75. The zero-order chi connectivity index (χ0) is 16.4. The number of benzene rings is 1. The summed E-state index contributed by atoms with van der Waals surface area (Å²) in [4.78, 5) is 24.1. The van der Waals surface area contributed by atoms with Crippen molar-refractivity contribution in [2.24, 2.45) is 5.10 Å². The lowest BCUT2D eigenvalue weighted by Crippen LogP contribution is -2.18. The van der Waals surface area contributed by atoms with Gasteiger partial charge in [0.2, 0.25) is 0 Å². The Bertz CT molecular complexity index is 924. The number of carboxylic acid groups (broad SMARTS) is 1. The number of thiophene rings is 2. The maximum Gasteiger partial charge on any atom is 0.345 e. The fourth-order valence-corrected chi connectivity index (χ4v) is 3.78. The number of fused-ring (bicyclic) bond motifs is 1. The summed E-state index contributed by atoms with van der Waals surface area (Å²) in [5.74, 6) is -1.25. The van der Waals surface area contributed by atoms with Crippen LogP contribution in [0.4, 0.5) is 0 Å². The number of nitrogens with zero attached hydrogens (tertiary/aromatic N) is 1. The van der Waals surface area contributed by atoms with Crippen LogP contribution in [0.25, 0.3) is 10.1 Å². The number of carbonyl (C=O) groups excluding carboxylic acids is 1. The van der Waals surface area contributed by atoms with Gasteiger partial charge < -0.3 is 5.11 Å². The number of rotatable bonds is 4. The minimum Gasteiger partial charge on any atom is -0.477 e. The van der Waals surface area contributed by atoms with Gasteiger partial charge in [-0.15, -0.1) is 22.7 Å². The van der Waals surface area contributed by atoms with Crippen molar-refractivity contribution in [3.63, 3.8) is 0 Å². The Morgan fingerprint density at radius 3 is 2.61 bits per heavy atom. The molecule has 0 saturated heterocycles. The van der Waals surface area contributed by atoms with E-state index in [4.69, 9.17) is 5.11 Å². The second kappa shape index (κ2) is 6.31. The van der Waals surface area contributed by atoms with E-state index in [1.807, 2.05) is 24.3 Å². The van der Waals surface area contributed by atoms with Gasteiger partial charge in [-0.25, -0.2) is 10.2 Å². The summed E-state index contributed by atoms with van der Waals surface area (Å²) >= 11 is 2.63. The molecule has 0 saturated carbocycles. The third-order valence-corrected chi connectivity index (χ3v) is 5.37. The van der Waals surface area contributed by atoms with Crippen molar-refractivity contribution in [3.05, 3.63) is 57.1 Å². The van der Waals surface area contributed by atoms with Gasteiger partial charge in [0.15, 0.2) is 0 Å². The summed E-state index contributed by atoms with van der Waals surface area (Å²) in [5, 5.41) is 15.7. The summed E-state index contributed by atoms with van der Waals surface area (Å²) in [6.07, 6.45) is 0. The number of aromatic carboxylic acids is 1. The third kappa shape index (κ3) is 3.15. The van der Waals surface area contributed by atoms with E-state index in [2.05, 4.69) is 10.5 Å². The molecule has 2 aromatic heterocycles. The summed E-state index contributed by atoms with van der Waals surface area (Å²) in [6, 6.07) is 10.9. The number of hydrazone groups is 1. The minimum atomic E-state index is -0.970. The molecule has 2 heterocycles. The van der Waals surface area contributed by atoms with Crippen LogP contribution in [0.2, 0.25) is 0 Å². The average Bonchev–Trinajstić information content (AvgIpc) is 3.19. The number of carbonyl (C=O) groups is 2. The van der Waals surface area contributed by atoms with Gasteiger partial charge in [0.1, 0.15) is 4.88 Å². The molecule has 0 aliphatic carbocycles. The van der Waals surface area contributed by atoms with E-state index in [1.54, 1.807) is 18.4 Å². The zero-order valence-electron chi connectivity index (χ0n) is 12.1. The first-order valence-electron chi connectivity index (χ1n) is 6.70. The van der Waals surface area contributed by atoms with Crippen molar-refractivity contribution >= 4 is 50.3 Å². The average molecular weight is 344 g/mol. The second-order valence-electron chi connectivity index (χ2n) is 4.75. The van der Waals surface area contributed by atoms with Crippen LogP contribution in [-0.2, 0) is 0 Å². The molecular weight excluding hydrogens is 332 g/mol. The highest BCUT2D eigenvalue weighted by Gasteiger charge is 2.12. The lowest BCUT2D eigenvalue weighted by molar-refractivity contribution is 0.0702. The van der Waals surface area contributed by atoms with Gasteiger partial charge in [0.25, 0.3) is 5.91 Å². The molecule has 0 aliphatic rings. The van der Waals surface area contributed by atoms with Crippen LogP contribution >= 0.6 is 22.7 Å². The van der Waals surface area contributed by atoms with Gasteiger partial charge in [-0.1, -0.05) is 18.2 Å². The van der Waals surface area contributed by atoms with Crippen molar-refractivity contribution in [2.75, 3.05) is 0 Å². The first-order chi connectivity index (χ1) is 11.1. The Morgan fingerprint density at radius 2 is 1.87 bits per heavy atom. The van der Waals surface area contributed by atoms with E-state index < -0.39 is 5.97 Å². The van der Waals surface area contributed by atoms with E-state index in [0.29, 0.717) is 16.2 Å². The quantitative estimate of drug-likeness (QED) is 0.558. The van der Waals surface area contributed by atoms with E-state index in [9.17, 15) is 9.59 Å². The maximum atomic E-state index is 12.3. The Hall–Kier alpha value is -2.51. The van der Waals surface area contributed by atoms with E-state index in [0.717, 1.165) is 21.4 Å². The van der Waals surface area contributed by atoms with Gasteiger partial charge in [-0.05, 0) is 25.1 Å². The fourth-order valence-electron chi connectivity index (χ4n) is 2.05. The minimum absolute atomic E-state index is 0.240. The number of nitrogens with one attached hydrogen (secondary N) is 1. The Kier molecular flexibility index (Phi) is 4.22. The molecule has 0 atom stereocenters. The number of hydrogen-bond donors (Lipinski definition) is 2. The SMILES string of the molecule is CC(=NNC(=O)c1csc2ccccc12)c1ccc(C(=O)O)s1. The highest BCUT2D eigenvalue weighted by molar-refractivity contribution is 7.17.